The van der Waals surface area contributed by atoms with Crippen LogP contribution in [0.25, 0.3) is 0 Å². The van der Waals surface area contributed by atoms with Crippen LogP contribution in [0.5, 0.6) is 11.5 Å². The number of amides is 1. The molecule has 9 nitrogen and oxygen atoms in total. The van der Waals surface area contributed by atoms with Gasteiger partial charge in [-0.15, -0.1) is 0 Å². The second-order valence-electron chi connectivity index (χ2n) is 7.69. The number of non-ortho nitro benzene ring substituents is 1. The highest BCUT2D eigenvalue weighted by molar-refractivity contribution is 6.07. The number of carbonyl (C=O) groups excluding carboxylic acids is 1. The summed E-state index contributed by atoms with van der Waals surface area (Å²) in [5.74, 6) is 0.0783. The van der Waals surface area contributed by atoms with Gasteiger partial charge >= 0.3 is 0 Å². The molecule has 0 aliphatic rings. The molecule has 0 radical (unpaired) electrons. The van der Waals surface area contributed by atoms with Gasteiger partial charge in [-0.25, -0.2) is 0 Å². The number of phenols is 1. The maximum absolute atomic E-state index is 12.8. The second kappa shape index (κ2) is 9.90. The number of ether oxygens (including phenoxy) is 1. The zero-order valence-corrected chi connectivity index (χ0v) is 18.7. The van der Waals surface area contributed by atoms with Crippen LogP contribution in [-0.4, -0.2) is 23.0 Å². The molecule has 0 aliphatic heterocycles. The fourth-order valence-electron chi connectivity index (χ4n) is 3.31. The van der Waals surface area contributed by atoms with Crippen molar-refractivity contribution in [2.75, 3.05) is 12.4 Å². The van der Waals surface area contributed by atoms with E-state index < -0.39 is 10.8 Å². The molecular weight excluding hydrogens is 424 g/mol. The average Bonchev–Trinajstić information content (AvgIpc) is 2.77. The fraction of sp³-hybridized carbons (Fsp3) is 0.208. The molecule has 3 rings (SSSR count). The van der Waals surface area contributed by atoms with E-state index in [-0.39, 0.29) is 17.0 Å². The first kappa shape index (κ1) is 23.4. The van der Waals surface area contributed by atoms with Gasteiger partial charge in [0, 0.05) is 18.2 Å². The molecule has 0 fully saturated rings. The average molecular weight is 448 g/mol. The first-order chi connectivity index (χ1) is 15.7. The van der Waals surface area contributed by atoms with Gasteiger partial charge in [0.2, 0.25) is 0 Å². The molecule has 0 saturated heterocycles. The number of hydrogen-bond acceptors (Lipinski definition) is 7. The highest BCUT2D eigenvalue weighted by Gasteiger charge is 2.16. The first-order valence-electron chi connectivity index (χ1n) is 10.2. The largest absolute Gasteiger partial charge is 0.507 e. The first-order valence-corrected chi connectivity index (χ1v) is 10.2. The van der Waals surface area contributed by atoms with E-state index in [0.29, 0.717) is 28.7 Å². The number of methoxy groups -OCH3 is 1. The summed E-state index contributed by atoms with van der Waals surface area (Å²) in [4.78, 5) is 23.0. The van der Waals surface area contributed by atoms with Gasteiger partial charge in [0.25, 0.3) is 11.6 Å². The van der Waals surface area contributed by atoms with Crippen LogP contribution in [0.15, 0.2) is 64.8 Å². The van der Waals surface area contributed by atoms with E-state index in [2.05, 4.69) is 29.4 Å². The molecule has 1 amide bonds. The number of nitrogens with zero attached hydrogens (tertiary/aromatic N) is 3. The second-order valence-corrected chi connectivity index (χ2v) is 7.69. The van der Waals surface area contributed by atoms with Crippen molar-refractivity contribution in [2.24, 2.45) is 10.2 Å². The molecule has 3 aromatic carbocycles. The summed E-state index contributed by atoms with van der Waals surface area (Å²) in [5, 5.41) is 31.9. The maximum atomic E-state index is 12.8. The molecule has 9 heteroatoms. The molecule has 0 aliphatic carbocycles. The summed E-state index contributed by atoms with van der Waals surface area (Å²) >= 11 is 0. The van der Waals surface area contributed by atoms with E-state index in [0.717, 1.165) is 11.1 Å². The number of aryl methyl sites for hydroxylation is 1. The standard InChI is InChI=1S/C24H24N4O5/c1-14(2)20-13-23(33-4)21(11-15(20)3)25-24(30)19-10-7-17(12-22(19)29)27-26-16-5-8-18(9-6-16)28(31)32/h5-14,29H,1-4H3,(H,25,30)/b27-26+. The summed E-state index contributed by atoms with van der Waals surface area (Å²) < 4.78 is 5.43. The van der Waals surface area contributed by atoms with Crippen LogP contribution in [0, 0.1) is 17.0 Å². The van der Waals surface area contributed by atoms with E-state index in [1.165, 1.54) is 49.6 Å². The summed E-state index contributed by atoms with van der Waals surface area (Å²) in [6, 6.07) is 13.6. The Bertz CT molecular complexity index is 1220. The number of hydrogen-bond donors (Lipinski definition) is 2. The van der Waals surface area contributed by atoms with Crippen LogP contribution in [0.1, 0.15) is 41.3 Å². The van der Waals surface area contributed by atoms with E-state index in [1.807, 2.05) is 19.1 Å². The van der Waals surface area contributed by atoms with Crippen LogP contribution in [0.2, 0.25) is 0 Å². The fourth-order valence-corrected chi connectivity index (χ4v) is 3.31. The van der Waals surface area contributed by atoms with E-state index in [4.69, 9.17) is 4.74 Å². The van der Waals surface area contributed by atoms with Crippen molar-refractivity contribution in [3.8, 4) is 11.5 Å². The van der Waals surface area contributed by atoms with Gasteiger partial charge < -0.3 is 15.2 Å². The Morgan fingerprint density at radius 2 is 1.70 bits per heavy atom. The van der Waals surface area contributed by atoms with Crippen LogP contribution >= 0.6 is 0 Å². The van der Waals surface area contributed by atoms with Crippen molar-refractivity contribution in [3.05, 3.63) is 81.4 Å². The van der Waals surface area contributed by atoms with Gasteiger partial charge in [0.05, 0.1) is 34.7 Å². The number of rotatable bonds is 7. The number of nitro benzene ring substituents is 1. The quantitative estimate of drug-likeness (QED) is 0.245. The maximum Gasteiger partial charge on any atom is 0.269 e. The molecule has 0 atom stereocenters. The summed E-state index contributed by atoms with van der Waals surface area (Å²) in [7, 11) is 1.53. The van der Waals surface area contributed by atoms with Crippen LogP contribution in [0.4, 0.5) is 22.7 Å². The lowest BCUT2D eigenvalue weighted by Gasteiger charge is -2.16. The van der Waals surface area contributed by atoms with Gasteiger partial charge in [-0.05, 0) is 60.4 Å². The minimum atomic E-state index is -0.502. The normalized spacial score (nSPS) is 11.1. The Labute approximate surface area is 190 Å². The number of azo groups is 1. The molecule has 0 heterocycles. The van der Waals surface area contributed by atoms with Crippen LogP contribution in [-0.2, 0) is 0 Å². The minimum absolute atomic E-state index is 0.0485. The van der Waals surface area contributed by atoms with E-state index in [1.54, 1.807) is 0 Å². The predicted molar refractivity (Wildman–Crippen MR) is 125 cm³/mol. The smallest absolute Gasteiger partial charge is 0.269 e. The third-order valence-electron chi connectivity index (χ3n) is 5.03. The summed E-state index contributed by atoms with van der Waals surface area (Å²) in [6.07, 6.45) is 0. The molecule has 3 aromatic rings. The number of aromatic hydroxyl groups is 1. The van der Waals surface area contributed by atoms with Crippen LogP contribution < -0.4 is 10.1 Å². The number of phenolic OH excluding ortho intramolecular Hbond substituents is 1. The lowest BCUT2D eigenvalue weighted by atomic mass is 9.97. The Balaban J connectivity index is 1.77. The van der Waals surface area contributed by atoms with Crippen molar-refractivity contribution in [3.63, 3.8) is 0 Å². The number of nitrogens with one attached hydrogen (secondary N) is 1. The number of nitro groups is 1. The van der Waals surface area contributed by atoms with Crippen molar-refractivity contribution in [1.29, 1.82) is 0 Å². The third kappa shape index (κ3) is 5.51. The van der Waals surface area contributed by atoms with Gasteiger partial charge in [0.15, 0.2) is 0 Å². The summed E-state index contributed by atoms with van der Waals surface area (Å²) in [6.45, 7) is 6.13. The van der Waals surface area contributed by atoms with Gasteiger partial charge in [0.1, 0.15) is 11.5 Å². The molecule has 0 spiro atoms. The van der Waals surface area contributed by atoms with Gasteiger partial charge in [-0.2, -0.15) is 10.2 Å². The number of benzene rings is 3. The Hall–Kier alpha value is -4.27. The van der Waals surface area contributed by atoms with Crippen molar-refractivity contribution in [2.45, 2.75) is 26.7 Å². The number of carbonyl (C=O) groups is 1. The summed E-state index contributed by atoms with van der Waals surface area (Å²) in [5.41, 5.74) is 3.39. The lowest BCUT2D eigenvalue weighted by molar-refractivity contribution is -0.384. The third-order valence-corrected chi connectivity index (χ3v) is 5.03. The molecule has 0 aromatic heterocycles. The van der Waals surface area contributed by atoms with Crippen LogP contribution in [0.3, 0.4) is 0 Å². The Morgan fingerprint density at radius 1 is 1.06 bits per heavy atom. The Morgan fingerprint density at radius 3 is 2.27 bits per heavy atom. The molecular formula is C24H24N4O5. The monoisotopic (exact) mass is 448 g/mol. The molecule has 0 saturated carbocycles. The highest BCUT2D eigenvalue weighted by Crippen LogP contribution is 2.33. The van der Waals surface area contributed by atoms with Crippen molar-refractivity contribution < 1.29 is 19.6 Å². The molecule has 2 N–H and O–H groups in total. The molecule has 33 heavy (non-hydrogen) atoms. The van der Waals surface area contributed by atoms with Crippen molar-refractivity contribution in [1.82, 2.24) is 0 Å². The zero-order chi connectivity index (χ0) is 24.1. The lowest BCUT2D eigenvalue weighted by Crippen LogP contribution is -2.13. The predicted octanol–water partition coefficient (Wildman–Crippen LogP) is 6.41. The minimum Gasteiger partial charge on any atom is -0.507 e. The SMILES string of the molecule is COc1cc(C(C)C)c(C)cc1NC(=O)c1ccc(/N=N/c2ccc([N+](=O)[O-])cc2)cc1O. The van der Waals surface area contributed by atoms with E-state index >= 15 is 0 Å². The topological polar surface area (TPSA) is 126 Å². The molecule has 0 unspecified atom stereocenters. The van der Waals surface area contributed by atoms with Gasteiger partial charge in [-0.1, -0.05) is 13.8 Å². The zero-order valence-electron chi connectivity index (χ0n) is 18.7. The van der Waals surface area contributed by atoms with Gasteiger partial charge in [-0.3, -0.25) is 14.9 Å². The van der Waals surface area contributed by atoms with Crippen molar-refractivity contribution >= 4 is 28.7 Å². The van der Waals surface area contributed by atoms with E-state index in [9.17, 15) is 20.0 Å². The highest BCUT2D eigenvalue weighted by atomic mass is 16.6. The molecule has 0 bridgehead atoms. The molecule has 170 valence electrons. The Kier molecular flexibility index (Phi) is 7.02. The number of anilines is 1.